The van der Waals surface area contributed by atoms with Gasteiger partial charge in [0.05, 0.1) is 13.2 Å². The summed E-state index contributed by atoms with van der Waals surface area (Å²) in [5, 5.41) is 0. The van der Waals surface area contributed by atoms with Crippen LogP contribution < -0.4 is 9.47 Å². The molecule has 2 aliphatic heterocycles. The maximum Gasteiger partial charge on any atom is 0.323 e. The Morgan fingerprint density at radius 2 is 1.83 bits per heavy atom. The molecule has 1 saturated heterocycles. The van der Waals surface area contributed by atoms with Crippen LogP contribution in [0, 0.1) is 0 Å². The lowest BCUT2D eigenvalue weighted by molar-refractivity contribution is -0.145. The highest BCUT2D eigenvalue weighted by atomic mass is 16.6. The summed E-state index contributed by atoms with van der Waals surface area (Å²) >= 11 is 0. The van der Waals surface area contributed by atoms with Crippen molar-refractivity contribution in [2.75, 3.05) is 19.8 Å². The van der Waals surface area contributed by atoms with Gasteiger partial charge in [-0.05, 0) is 50.5 Å². The predicted octanol–water partition coefficient (Wildman–Crippen LogP) is 2.55. The highest BCUT2D eigenvalue weighted by Crippen LogP contribution is 2.35. The van der Waals surface area contributed by atoms with E-state index in [0.29, 0.717) is 13.2 Å². The van der Waals surface area contributed by atoms with Crippen LogP contribution in [0.15, 0.2) is 12.1 Å². The van der Waals surface area contributed by atoms with Crippen LogP contribution in [-0.4, -0.2) is 42.8 Å². The van der Waals surface area contributed by atoms with E-state index in [0.717, 1.165) is 37.4 Å². The molecule has 0 spiro atoms. The normalized spacial score (nSPS) is 24.2. The van der Waals surface area contributed by atoms with Gasteiger partial charge in [-0.15, -0.1) is 0 Å². The minimum atomic E-state index is -0.111. The largest absolute Gasteiger partial charge is 0.490 e. The van der Waals surface area contributed by atoms with E-state index < -0.39 is 0 Å². The van der Waals surface area contributed by atoms with E-state index in [1.54, 1.807) is 0 Å². The molecule has 126 valence electrons. The van der Waals surface area contributed by atoms with Crippen molar-refractivity contribution in [3.8, 4) is 11.5 Å². The molecule has 0 radical (unpaired) electrons. The van der Waals surface area contributed by atoms with Gasteiger partial charge in [-0.2, -0.15) is 0 Å². The van der Waals surface area contributed by atoms with Crippen LogP contribution in [0.1, 0.15) is 38.3 Å². The number of esters is 1. The first-order valence-electron chi connectivity index (χ1n) is 8.48. The molecular formula is C18H25NO4. The van der Waals surface area contributed by atoms with E-state index in [9.17, 15) is 4.79 Å². The summed E-state index contributed by atoms with van der Waals surface area (Å²) < 4.78 is 16.7. The van der Waals surface area contributed by atoms with Gasteiger partial charge in [-0.3, -0.25) is 9.69 Å². The Morgan fingerprint density at radius 3 is 2.39 bits per heavy atom. The number of ether oxygens (including phenoxy) is 3. The summed E-state index contributed by atoms with van der Waals surface area (Å²) in [5.41, 5.74) is 2.50. The van der Waals surface area contributed by atoms with Crippen molar-refractivity contribution in [2.24, 2.45) is 0 Å². The maximum absolute atomic E-state index is 12.0. The van der Waals surface area contributed by atoms with Crippen molar-refractivity contribution < 1.29 is 19.0 Å². The highest BCUT2D eigenvalue weighted by Gasteiger charge is 2.37. The number of hydrogen-bond acceptors (Lipinski definition) is 5. The molecule has 0 bridgehead atoms. The van der Waals surface area contributed by atoms with Gasteiger partial charge in [0.1, 0.15) is 12.1 Å². The fourth-order valence-corrected chi connectivity index (χ4v) is 3.42. The van der Waals surface area contributed by atoms with Crippen LogP contribution in [-0.2, 0) is 22.5 Å². The molecule has 2 unspecified atom stereocenters. The Bertz CT molecular complexity index is 587. The lowest BCUT2D eigenvalue weighted by Crippen LogP contribution is -2.41. The van der Waals surface area contributed by atoms with Crippen LogP contribution in [0.5, 0.6) is 11.5 Å². The molecule has 1 aromatic rings. The van der Waals surface area contributed by atoms with Gasteiger partial charge in [0.2, 0.25) is 0 Å². The van der Waals surface area contributed by atoms with Crippen LogP contribution >= 0.6 is 0 Å². The van der Waals surface area contributed by atoms with Gasteiger partial charge >= 0.3 is 5.97 Å². The van der Waals surface area contributed by atoms with Crippen molar-refractivity contribution in [1.82, 2.24) is 4.90 Å². The maximum atomic E-state index is 12.0. The van der Waals surface area contributed by atoms with E-state index >= 15 is 0 Å². The molecule has 23 heavy (non-hydrogen) atoms. The number of carbonyl (C=O) groups excluding carboxylic acids is 1. The summed E-state index contributed by atoms with van der Waals surface area (Å²) in [6, 6.07) is 4.05. The second-order valence-electron chi connectivity index (χ2n) is 6.15. The van der Waals surface area contributed by atoms with Crippen LogP contribution in [0.2, 0.25) is 0 Å². The Kier molecular flexibility index (Phi) is 4.76. The van der Waals surface area contributed by atoms with E-state index in [1.165, 1.54) is 11.1 Å². The lowest BCUT2D eigenvalue weighted by Gasteiger charge is -2.32. The predicted molar refractivity (Wildman–Crippen MR) is 86.9 cm³/mol. The first-order chi connectivity index (χ1) is 11.1. The van der Waals surface area contributed by atoms with Crippen LogP contribution in [0.4, 0.5) is 0 Å². The first kappa shape index (κ1) is 16.1. The van der Waals surface area contributed by atoms with Gasteiger partial charge in [0, 0.05) is 19.5 Å². The Balaban J connectivity index is 1.82. The fourth-order valence-electron chi connectivity index (χ4n) is 3.42. The minimum Gasteiger partial charge on any atom is -0.490 e. The Hall–Kier alpha value is -1.75. The second-order valence-corrected chi connectivity index (χ2v) is 6.15. The van der Waals surface area contributed by atoms with Gasteiger partial charge < -0.3 is 14.2 Å². The molecular weight excluding hydrogens is 294 g/mol. The fraction of sp³-hybridized carbons (Fsp3) is 0.611. The average Bonchev–Trinajstić information content (AvgIpc) is 2.86. The summed E-state index contributed by atoms with van der Waals surface area (Å²) in [4.78, 5) is 14.2. The number of nitrogens with zero attached hydrogens (tertiary/aromatic N) is 1. The third-order valence-corrected chi connectivity index (χ3v) is 4.49. The SMILES string of the molecule is CCOc1cc2c(cc1OCC)CN(C1CC(C)OC1=O)CC2. The quantitative estimate of drug-likeness (QED) is 0.781. The lowest BCUT2D eigenvalue weighted by atomic mass is 9.97. The Morgan fingerprint density at radius 1 is 1.17 bits per heavy atom. The third-order valence-electron chi connectivity index (χ3n) is 4.49. The smallest absolute Gasteiger partial charge is 0.323 e. The molecule has 5 heteroatoms. The summed E-state index contributed by atoms with van der Waals surface area (Å²) in [6.07, 6.45) is 1.72. The van der Waals surface area contributed by atoms with Crippen LogP contribution in [0.3, 0.4) is 0 Å². The molecule has 0 aromatic heterocycles. The average molecular weight is 319 g/mol. The van der Waals surface area contributed by atoms with E-state index in [1.807, 2.05) is 20.8 Å². The number of rotatable bonds is 5. The summed E-state index contributed by atoms with van der Waals surface area (Å²) in [5.74, 6) is 1.52. The van der Waals surface area contributed by atoms with Crippen molar-refractivity contribution in [1.29, 1.82) is 0 Å². The number of cyclic esters (lactones) is 1. The molecule has 2 atom stereocenters. The second kappa shape index (κ2) is 6.79. The Labute approximate surface area is 137 Å². The zero-order valence-electron chi connectivity index (χ0n) is 14.1. The van der Waals surface area contributed by atoms with Crippen molar-refractivity contribution in [3.63, 3.8) is 0 Å². The topological polar surface area (TPSA) is 48.0 Å². The van der Waals surface area contributed by atoms with Crippen LogP contribution in [0.25, 0.3) is 0 Å². The monoisotopic (exact) mass is 319 g/mol. The molecule has 0 saturated carbocycles. The van der Waals surface area contributed by atoms with Gasteiger partial charge in [0.15, 0.2) is 11.5 Å². The standard InChI is InChI=1S/C18H25NO4/c1-4-21-16-9-13-6-7-19(15-8-12(3)23-18(15)20)11-14(13)10-17(16)22-5-2/h9-10,12,15H,4-8,11H2,1-3H3. The molecule has 0 aliphatic carbocycles. The third kappa shape index (κ3) is 3.29. The highest BCUT2D eigenvalue weighted by molar-refractivity contribution is 5.78. The van der Waals surface area contributed by atoms with Gasteiger partial charge in [-0.1, -0.05) is 0 Å². The van der Waals surface area contributed by atoms with E-state index in [2.05, 4.69) is 17.0 Å². The number of fused-ring (bicyclic) bond motifs is 1. The zero-order chi connectivity index (χ0) is 16.4. The van der Waals surface area contributed by atoms with Crippen molar-refractivity contribution in [2.45, 2.75) is 52.3 Å². The molecule has 1 fully saturated rings. The number of carbonyl (C=O) groups is 1. The zero-order valence-corrected chi connectivity index (χ0v) is 14.1. The molecule has 0 N–H and O–H groups in total. The molecule has 2 aliphatic rings. The molecule has 3 rings (SSSR count). The van der Waals surface area contributed by atoms with Gasteiger partial charge in [-0.25, -0.2) is 0 Å². The van der Waals surface area contributed by atoms with Crippen molar-refractivity contribution in [3.05, 3.63) is 23.3 Å². The molecule has 0 amide bonds. The molecule has 2 heterocycles. The molecule has 5 nitrogen and oxygen atoms in total. The summed E-state index contributed by atoms with van der Waals surface area (Å²) in [6.45, 7) is 8.76. The molecule has 1 aromatic carbocycles. The van der Waals surface area contributed by atoms with Crippen molar-refractivity contribution >= 4 is 5.97 Å². The minimum absolute atomic E-state index is 0.0215. The van der Waals surface area contributed by atoms with E-state index in [4.69, 9.17) is 14.2 Å². The first-order valence-corrected chi connectivity index (χ1v) is 8.48. The summed E-state index contributed by atoms with van der Waals surface area (Å²) in [7, 11) is 0. The number of benzene rings is 1. The van der Waals surface area contributed by atoms with E-state index in [-0.39, 0.29) is 18.1 Å². The van der Waals surface area contributed by atoms with Gasteiger partial charge in [0.25, 0.3) is 0 Å². The number of hydrogen-bond donors (Lipinski definition) is 0.